The molecule has 0 amide bonds. The lowest BCUT2D eigenvalue weighted by Gasteiger charge is -2.04. The lowest BCUT2D eigenvalue weighted by atomic mass is 10.3. The second-order valence-electron chi connectivity index (χ2n) is 3.72. The van der Waals surface area contributed by atoms with Gasteiger partial charge < -0.3 is 9.88 Å². The van der Waals surface area contributed by atoms with E-state index in [1.165, 1.54) is 0 Å². The maximum atomic E-state index is 5.21. The smallest absolute Gasteiger partial charge is 0.199 e. The fourth-order valence-corrected chi connectivity index (χ4v) is 2.11. The molecule has 0 bridgehead atoms. The Hall–Kier alpha value is -1.46. The van der Waals surface area contributed by atoms with Crippen LogP contribution in [-0.4, -0.2) is 9.68 Å². The van der Waals surface area contributed by atoms with Crippen LogP contribution in [-0.2, 0) is 7.05 Å². The molecule has 0 saturated heterocycles. The molecule has 3 nitrogen and oxygen atoms in total. The molecule has 0 radical (unpaired) electrons. The molecule has 0 fully saturated rings. The number of thiocarbonyl (C=S) groups is 1. The van der Waals surface area contributed by atoms with Crippen molar-refractivity contribution in [2.24, 2.45) is 12.0 Å². The van der Waals surface area contributed by atoms with Crippen LogP contribution in [0.3, 0.4) is 0 Å². The molecule has 0 saturated carbocycles. The van der Waals surface area contributed by atoms with Crippen molar-refractivity contribution in [1.82, 2.24) is 4.57 Å². The largest absolute Gasteiger partial charge is 0.335 e. The van der Waals surface area contributed by atoms with Gasteiger partial charge in [0.05, 0.1) is 0 Å². The van der Waals surface area contributed by atoms with Crippen LogP contribution in [0.1, 0.15) is 0 Å². The van der Waals surface area contributed by atoms with E-state index in [0.29, 0.717) is 5.11 Å². The molecule has 1 aromatic heterocycles. The summed E-state index contributed by atoms with van der Waals surface area (Å²) in [6.07, 6.45) is 1.93. The molecule has 0 aliphatic rings. The number of aromatic nitrogens is 1. The first-order valence-corrected chi connectivity index (χ1v) is 6.58. The van der Waals surface area contributed by atoms with Crippen LogP contribution in [0, 0.1) is 0 Å². The molecule has 5 heteroatoms. The highest BCUT2D eigenvalue weighted by Gasteiger charge is 1.95. The standard InChI is InChI=1S/C13H12BrN3S/c1-17-9-10(14)7-8-12(17)16-13(18)15-11-5-3-2-4-6-11/h2-9H,1H3,(H,15,18). The van der Waals surface area contributed by atoms with Gasteiger partial charge in [-0.15, -0.1) is 0 Å². The highest BCUT2D eigenvalue weighted by Crippen LogP contribution is 2.06. The number of pyridine rings is 1. The molecule has 0 atom stereocenters. The Morgan fingerprint density at radius 1 is 1.22 bits per heavy atom. The van der Waals surface area contributed by atoms with Gasteiger partial charge in [0.1, 0.15) is 5.49 Å². The minimum atomic E-state index is 0.444. The van der Waals surface area contributed by atoms with Crippen molar-refractivity contribution in [3.8, 4) is 0 Å². The number of anilines is 1. The predicted molar refractivity (Wildman–Crippen MR) is 81.3 cm³/mol. The third-order valence-electron chi connectivity index (χ3n) is 2.31. The quantitative estimate of drug-likeness (QED) is 0.818. The van der Waals surface area contributed by atoms with Crippen LogP contribution in [0.15, 0.2) is 58.1 Å². The Morgan fingerprint density at radius 3 is 2.61 bits per heavy atom. The number of nitrogens with zero attached hydrogens (tertiary/aromatic N) is 2. The molecule has 0 unspecified atom stereocenters. The van der Waals surface area contributed by atoms with Crippen LogP contribution in [0.4, 0.5) is 5.69 Å². The molecule has 0 aliphatic heterocycles. The Bertz CT molecular complexity index is 620. The minimum absolute atomic E-state index is 0.444. The Kier molecular flexibility index (Phi) is 4.28. The van der Waals surface area contributed by atoms with Crippen molar-refractivity contribution in [1.29, 1.82) is 0 Å². The molecule has 1 N–H and O–H groups in total. The summed E-state index contributed by atoms with van der Waals surface area (Å²) in [7, 11) is 1.93. The first kappa shape index (κ1) is 13.0. The molecule has 18 heavy (non-hydrogen) atoms. The zero-order valence-electron chi connectivity index (χ0n) is 9.80. The molecule has 92 valence electrons. The van der Waals surface area contributed by atoms with E-state index in [2.05, 4.69) is 26.2 Å². The third-order valence-corrected chi connectivity index (χ3v) is 2.97. The van der Waals surface area contributed by atoms with Crippen LogP contribution in [0.2, 0.25) is 0 Å². The monoisotopic (exact) mass is 321 g/mol. The SMILES string of the molecule is Cn1cc(Br)ccc1=NC(=S)Nc1ccccc1. The molecule has 1 aromatic carbocycles. The number of benzene rings is 1. The van der Waals surface area contributed by atoms with E-state index in [1.54, 1.807) is 0 Å². The number of halogens is 1. The van der Waals surface area contributed by atoms with Gasteiger partial charge in [0.15, 0.2) is 5.11 Å². The second kappa shape index (κ2) is 5.93. The summed E-state index contributed by atoms with van der Waals surface area (Å²) in [5.74, 6) is 0. The average molecular weight is 322 g/mol. The maximum absolute atomic E-state index is 5.21. The second-order valence-corrected chi connectivity index (χ2v) is 5.03. The summed E-state index contributed by atoms with van der Waals surface area (Å²) in [5, 5.41) is 3.52. The number of hydrogen-bond acceptors (Lipinski definition) is 1. The normalized spacial score (nSPS) is 11.3. The van der Waals surface area contributed by atoms with E-state index in [4.69, 9.17) is 12.2 Å². The summed E-state index contributed by atoms with van der Waals surface area (Å²) in [4.78, 5) is 4.36. The van der Waals surface area contributed by atoms with E-state index in [-0.39, 0.29) is 0 Å². The molecule has 2 aromatic rings. The summed E-state index contributed by atoms with van der Waals surface area (Å²) in [6, 6.07) is 13.6. The van der Waals surface area contributed by atoms with Gasteiger partial charge >= 0.3 is 0 Å². The van der Waals surface area contributed by atoms with Crippen LogP contribution in [0.5, 0.6) is 0 Å². The summed E-state index contributed by atoms with van der Waals surface area (Å²) in [6.45, 7) is 0. The van der Waals surface area contributed by atoms with Crippen molar-refractivity contribution >= 4 is 38.9 Å². The lowest BCUT2D eigenvalue weighted by Crippen LogP contribution is -2.20. The highest BCUT2D eigenvalue weighted by atomic mass is 79.9. The predicted octanol–water partition coefficient (Wildman–Crippen LogP) is 3.09. The Labute approximate surface area is 119 Å². The first-order chi connectivity index (χ1) is 8.65. The molecule has 2 rings (SSSR count). The topological polar surface area (TPSA) is 29.3 Å². The highest BCUT2D eigenvalue weighted by molar-refractivity contribution is 9.10. The number of para-hydroxylation sites is 1. The maximum Gasteiger partial charge on any atom is 0.199 e. The minimum Gasteiger partial charge on any atom is -0.335 e. The lowest BCUT2D eigenvalue weighted by molar-refractivity contribution is 0.835. The number of aryl methyl sites for hydroxylation is 1. The van der Waals surface area contributed by atoms with Gasteiger partial charge in [-0.2, -0.15) is 0 Å². The molecule has 0 aliphatic carbocycles. The fraction of sp³-hybridized carbons (Fsp3) is 0.0769. The van der Waals surface area contributed by atoms with E-state index in [0.717, 1.165) is 15.6 Å². The van der Waals surface area contributed by atoms with E-state index in [9.17, 15) is 0 Å². The van der Waals surface area contributed by atoms with Gasteiger partial charge in [0.2, 0.25) is 0 Å². The molecule has 1 heterocycles. The van der Waals surface area contributed by atoms with Gasteiger partial charge in [0, 0.05) is 23.4 Å². The summed E-state index contributed by atoms with van der Waals surface area (Å²) in [5.41, 5.74) is 1.73. The van der Waals surface area contributed by atoms with Crippen molar-refractivity contribution in [3.05, 3.63) is 58.6 Å². The van der Waals surface area contributed by atoms with Gasteiger partial charge in [-0.1, -0.05) is 18.2 Å². The number of nitrogens with one attached hydrogen (secondary N) is 1. The van der Waals surface area contributed by atoms with E-state index >= 15 is 0 Å². The number of hydrogen-bond donors (Lipinski definition) is 1. The van der Waals surface area contributed by atoms with Gasteiger partial charge in [-0.25, -0.2) is 4.99 Å². The number of rotatable bonds is 1. The van der Waals surface area contributed by atoms with E-state index in [1.807, 2.05) is 60.3 Å². The zero-order valence-corrected chi connectivity index (χ0v) is 12.2. The molecule has 0 spiro atoms. The molecular formula is C13H12BrN3S. The van der Waals surface area contributed by atoms with Crippen LogP contribution >= 0.6 is 28.1 Å². The average Bonchev–Trinajstić information content (AvgIpc) is 2.34. The summed E-state index contributed by atoms with van der Waals surface area (Å²) >= 11 is 8.61. The van der Waals surface area contributed by atoms with Crippen molar-refractivity contribution in [2.75, 3.05) is 5.32 Å². The summed E-state index contributed by atoms with van der Waals surface area (Å²) < 4.78 is 2.91. The van der Waals surface area contributed by atoms with Crippen LogP contribution < -0.4 is 10.8 Å². The van der Waals surface area contributed by atoms with Crippen molar-refractivity contribution in [2.45, 2.75) is 0 Å². The van der Waals surface area contributed by atoms with Gasteiger partial charge in [-0.3, -0.25) is 0 Å². The zero-order chi connectivity index (χ0) is 13.0. The van der Waals surface area contributed by atoms with Gasteiger partial charge in [0.25, 0.3) is 0 Å². The Balaban J connectivity index is 2.20. The fourth-order valence-electron chi connectivity index (χ4n) is 1.46. The van der Waals surface area contributed by atoms with E-state index < -0.39 is 0 Å². The van der Waals surface area contributed by atoms with Crippen molar-refractivity contribution < 1.29 is 0 Å². The van der Waals surface area contributed by atoms with Crippen LogP contribution in [0.25, 0.3) is 0 Å². The molecular weight excluding hydrogens is 310 g/mol. The van der Waals surface area contributed by atoms with Crippen molar-refractivity contribution in [3.63, 3.8) is 0 Å². The third kappa shape index (κ3) is 3.51. The Morgan fingerprint density at radius 2 is 1.94 bits per heavy atom. The van der Waals surface area contributed by atoms with Gasteiger partial charge in [-0.05, 0) is 52.4 Å². The first-order valence-electron chi connectivity index (χ1n) is 5.38.